The fraction of sp³-hybridized carbons (Fsp3) is 0.412. The van der Waals surface area contributed by atoms with Gasteiger partial charge < -0.3 is 4.90 Å². The van der Waals surface area contributed by atoms with E-state index in [0.29, 0.717) is 6.54 Å². The Bertz CT molecular complexity index is 648. The largest absolute Gasteiger partial charge is 0.340 e. The summed E-state index contributed by atoms with van der Waals surface area (Å²) >= 11 is 0. The summed E-state index contributed by atoms with van der Waals surface area (Å²) < 4.78 is 1.75. The molecule has 118 valence electrons. The topological polar surface area (TPSA) is 41.4 Å². The van der Waals surface area contributed by atoms with Crippen LogP contribution in [0.4, 0.5) is 0 Å². The van der Waals surface area contributed by atoms with E-state index >= 15 is 0 Å². The molecular formula is C17H24N4O. The summed E-state index contributed by atoms with van der Waals surface area (Å²) in [6.07, 6.45) is 3.73. The van der Waals surface area contributed by atoms with Crippen molar-refractivity contribution in [3.05, 3.63) is 53.3 Å². The number of carbonyl (C=O) groups is 1. The molecule has 0 radical (unpaired) electrons. The van der Waals surface area contributed by atoms with Crippen LogP contribution in [-0.2, 0) is 18.4 Å². The third kappa shape index (κ3) is 3.54. The minimum Gasteiger partial charge on any atom is -0.340 e. The van der Waals surface area contributed by atoms with E-state index in [2.05, 4.69) is 5.10 Å². The summed E-state index contributed by atoms with van der Waals surface area (Å²) in [7, 11) is 7.59. The maximum absolute atomic E-state index is 12.9. The normalized spacial score (nSPS) is 12.5. The lowest BCUT2D eigenvalue weighted by atomic mass is 9.99. The second-order valence-electron chi connectivity index (χ2n) is 5.94. The number of hydrogen-bond acceptors (Lipinski definition) is 3. The molecule has 0 saturated heterocycles. The van der Waals surface area contributed by atoms with Crippen molar-refractivity contribution in [1.82, 2.24) is 19.6 Å². The molecule has 0 spiro atoms. The third-order valence-electron chi connectivity index (χ3n) is 3.79. The fourth-order valence-electron chi connectivity index (χ4n) is 2.64. The van der Waals surface area contributed by atoms with Gasteiger partial charge in [-0.15, -0.1) is 0 Å². The number of aromatic nitrogens is 2. The summed E-state index contributed by atoms with van der Waals surface area (Å²) in [5, 5.41) is 4.15. The first-order valence-electron chi connectivity index (χ1n) is 7.34. The molecule has 1 aromatic carbocycles. The van der Waals surface area contributed by atoms with Gasteiger partial charge in [0.15, 0.2) is 0 Å². The number of amides is 1. The van der Waals surface area contributed by atoms with Crippen molar-refractivity contribution < 1.29 is 4.79 Å². The Morgan fingerprint density at radius 1 is 1.27 bits per heavy atom. The minimum atomic E-state index is -0.275. The van der Waals surface area contributed by atoms with Crippen LogP contribution in [0.15, 0.2) is 36.7 Å². The Balaban J connectivity index is 2.21. The minimum absolute atomic E-state index is 0.0863. The number of hydrogen-bond donors (Lipinski definition) is 0. The molecule has 0 N–H and O–H groups in total. The van der Waals surface area contributed by atoms with Gasteiger partial charge in [-0.2, -0.15) is 5.10 Å². The van der Waals surface area contributed by atoms with E-state index in [9.17, 15) is 4.79 Å². The van der Waals surface area contributed by atoms with Gasteiger partial charge in [0, 0.05) is 32.4 Å². The Morgan fingerprint density at radius 3 is 2.50 bits per heavy atom. The van der Waals surface area contributed by atoms with Crippen LogP contribution in [0.1, 0.15) is 22.7 Å². The van der Waals surface area contributed by atoms with Crippen LogP contribution in [-0.4, -0.2) is 46.6 Å². The average molecular weight is 300 g/mol. The van der Waals surface area contributed by atoms with E-state index in [0.717, 1.165) is 16.7 Å². The molecule has 1 unspecified atom stereocenters. The van der Waals surface area contributed by atoms with E-state index in [-0.39, 0.29) is 11.9 Å². The van der Waals surface area contributed by atoms with Crippen LogP contribution in [0.5, 0.6) is 0 Å². The maximum Gasteiger partial charge on any atom is 0.244 e. The number of nitrogens with zero attached hydrogens (tertiary/aromatic N) is 4. The highest BCUT2D eigenvalue weighted by molar-refractivity contribution is 5.83. The van der Waals surface area contributed by atoms with Crippen LogP contribution in [0, 0.1) is 6.92 Å². The van der Waals surface area contributed by atoms with Crippen LogP contribution in [0.3, 0.4) is 0 Å². The van der Waals surface area contributed by atoms with Crippen molar-refractivity contribution >= 4 is 5.91 Å². The molecule has 22 heavy (non-hydrogen) atoms. The lowest BCUT2D eigenvalue weighted by molar-refractivity contribution is -0.135. The van der Waals surface area contributed by atoms with E-state index in [4.69, 9.17) is 0 Å². The average Bonchev–Trinajstić information content (AvgIpc) is 2.86. The predicted molar refractivity (Wildman–Crippen MR) is 87.3 cm³/mol. The summed E-state index contributed by atoms with van der Waals surface area (Å²) in [4.78, 5) is 16.6. The van der Waals surface area contributed by atoms with Gasteiger partial charge in [-0.1, -0.05) is 24.3 Å². The van der Waals surface area contributed by atoms with Crippen molar-refractivity contribution in [3.8, 4) is 0 Å². The monoisotopic (exact) mass is 300 g/mol. The highest BCUT2D eigenvalue weighted by Crippen LogP contribution is 2.24. The number of likely N-dealkylation sites (N-methyl/N-ethyl adjacent to an activating group) is 2. The van der Waals surface area contributed by atoms with Gasteiger partial charge in [-0.3, -0.25) is 14.4 Å². The molecule has 1 amide bonds. The van der Waals surface area contributed by atoms with Gasteiger partial charge in [0.05, 0.1) is 6.20 Å². The second-order valence-corrected chi connectivity index (χ2v) is 5.94. The second kappa shape index (κ2) is 6.75. The molecule has 0 saturated carbocycles. The SMILES string of the molecule is Cc1ccccc1C(C(=O)N(C)Cc1cnn(C)c1)N(C)C. The predicted octanol–water partition coefficient (Wildman–Crippen LogP) is 1.99. The first kappa shape index (κ1) is 16.2. The highest BCUT2D eigenvalue weighted by atomic mass is 16.2. The third-order valence-corrected chi connectivity index (χ3v) is 3.79. The van der Waals surface area contributed by atoms with Crippen molar-refractivity contribution in [1.29, 1.82) is 0 Å². The van der Waals surface area contributed by atoms with Gasteiger partial charge >= 0.3 is 0 Å². The summed E-state index contributed by atoms with van der Waals surface area (Å²) in [5.74, 6) is 0.0863. The Morgan fingerprint density at radius 2 is 1.95 bits per heavy atom. The highest BCUT2D eigenvalue weighted by Gasteiger charge is 2.27. The van der Waals surface area contributed by atoms with Crippen molar-refractivity contribution in [3.63, 3.8) is 0 Å². The summed E-state index contributed by atoms with van der Waals surface area (Å²) in [6.45, 7) is 2.60. The molecule has 0 aliphatic rings. The van der Waals surface area contributed by atoms with E-state index < -0.39 is 0 Å². The zero-order chi connectivity index (χ0) is 16.3. The molecule has 1 aromatic heterocycles. The Hall–Kier alpha value is -2.14. The van der Waals surface area contributed by atoms with Gasteiger partial charge in [0.2, 0.25) is 5.91 Å². The van der Waals surface area contributed by atoms with Gasteiger partial charge in [-0.25, -0.2) is 0 Å². The summed E-state index contributed by atoms with van der Waals surface area (Å²) in [6, 6.07) is 7.77. The molecule has 0 bridgehead atoms. The van der Waals surface area contributed by atoms with Crippen LogP contribution in [0.25, 0.3) is 0 Å². The zero-order valence-electron chi connectivity index (χ0n) is 13.9. The number of rotatable bonds is 5. The van der Waals surface area contributed by atoms with Crippen molar-refractivity contribution in [2.45, 2.75) is 19.5 Å². The van der Waals surface area contributed by atoms with Crippen molar-refractivity contribution in [2.75, 3.05) is 21.1 Å². The molecule has 2 rings (SSSR count). The van der Waals surface area contributed by atoms with E-state index in [1.807, 2.05) is 70.5 Å². The quantitative estimate of drug-likeness (QED) is 0.848. The zero-order valence-corrected chi connectivity index (χ0v) is 13.9. The molecular weight excluding hydrogens is 276 g/mol. The lowest BCUT2D eigenvalue weighted by Crippen LogP contribution is -2.38. The van der Waals surface area contributed by atoms with Crippen LogP contribution < -0.4 is 0 Å². The summed E-state index contributed by atoms with van der Waals surface area (Å²) in [5.41, 5.74) is 3.21. The molecule has 1 atom stereocenters. The molecule has 2 aromatic rings. The molecule has 5 heteroatoms. The Kier molecular flexibility index (Phi) is 4.98. The van der Waals surface area contributed by atoms with Gasteiger partial charge in [-0.05, 0) is 32.1 Å². The van der Waals surface area contributed by atoms with Crippen LogP contribution in [0.2, 0.25) is 0 Å². The molecule has 0 aliphatic heterocycles. The number of aryl methyl sites for hydroxylation is 2. The molecule has 0 fully saturated rings. The first-order chi connectivity index (χ1) is 10.4. The molecule has 5 nitrogen and oxygen atoms in total. The van der Waals surface area contributed by atoms with E-state index in [1.165, 1.54) is 0 Å². The lowest BCUT2D eigenvalue weighted by Gasteiger charge is -2.29. The first-order valence-corrected chi connectivity index (χ1v) is 7.34. The number of carbonyl (C=O) groups excluding carboxylic acids is 1. The van der Waals surface area contributed by atoms with Crippen LogP contribution >= 0.6 is 0 Å². The van der Waals surface area contributed by atoms with Gasteiger partial charge in [0.25, 0.3) is 0 Å². The Labute approximate surface area is 132 Å². The number of benzene rings is 1. The standard InChI is InChI=1S/C17H24N4O/c1-13-8-6-7-9-15(13)16(19(2)3)17(22)20(4)11-14-10-18-21(5)12-14/h6-10,12,16H,11H2,1-5H3. The van der Waals surface area contributed by atoms with Gasteiger partial charge in [0.1, 0.15) is 6.04 Å². The fourth-order valence-corrected chi connectivity index (χ4v) is 2.64. The maximum atomic E-state index is 12.9. The molecule has 1 heterocycles. The smallest absolute Gasteiger partial charge is 0.244 e. The molecule has 0 aliphatic carbocycles. The van der Waals surface area contributed by atoms with Crippen molar-refractivity contribution in [2.24, 2.45) is 7.05 Å². The van der Waals surface area contributed by atoms with E-state index in [1.54, 1.807) is 15.8 Å².